The van der Waals surface area contributed by atoms with E-state index in [9.17, 15) is 0 Å². The number of halogens is 1. The molecule has 5 aromatic rings. The fourth-order valence-corrected chi connectivity index (χ4v) is 4.96. The van der Waals surface area contributed by atoms with E-state index >= 15 is 0 Å². The van der Waals surface area contributed by atoms with Gasteiger partial charge in [0.2, 0.25) is 0 Å². The molecule has 0 unspecified atom stereocenters. The Bertz CT molecular complexity index is 1390. The minimum absolute atomic E-state index is 0.0805. The topological polar surface area (TPSA) is 18.5 Å². The highest BCUT2D eigenvalue weighted by molar-refractivity contribution is 9.10. The number of hydrogen-bond acceptors (Lipinski definition) is 2. The summed E-state index contributed by atoms with van der Waals surface area (Å²) >= 11 is 3.72. The third kappa shape index (κ3) is 6.12. The molecule has 0 aliphatic carbocycles. The maximum Gasteiger partial charge on any atom is 0.128 e. The summed E-state index contributed by atoms with van der Waals surface area (Å²) in [5, 5.41) is 0. The lowest BCUT2D eigenvalue weighted by atomic mass is 9.85. The quantitative estimate of drug-likeness (QED) is 0.171. The van der Waals surface area contributed by atoms with Gasteiger partial charge in [-0.05, 0) is 53.4 Å². The zero-order chi connectivity index (χ0) is 25.5. The minimum atomic E-state index is 0.0805. The van der Waals surface area contributed by atoms with Crippen molar-refractivity contribution in [1.29, 1.82) is 0 Å². The van der Waals surface area contributed by atoms with E-state index in [1.165, 1.54) is 16.7 Å². The van der Waals surface area contributed by atoms with Crippen molar-refractivity contribution in [3.05, 3.63) is 160 Å². The Labute approximate surface area is 227 Å². The summed E-state index contributed by atoms with van der Waals surface area (Å²) in [7, 11) is 0. The lowest BCUT2D eigenvalue weighted by molar-refractivity contribution is 0.301. The average molecular weight is 550 g/mol. The van der Waals surface area contributed by atoms with E-state index in [0.29, 0.717) is 6.61 Å². The van der Waals surface area contributed by atoms with Gasteiger partial charge >= 0.3 is 0 Å². The van der Waals surface area contributed by atoms with E-state index in [1.54, 1.807) is 0 Å². The first-order chi connectivity index (χ1) is 18.2. The summed E-state index contributed by atoms with van der Waals surface area (Å²) in [6, 6.07) is 43.8. The fourth-order valence-electron chi connectivity index (χ4n) is 4.49. The number of aryl methyl sites for hydroxylation is 1. The average Bonchev–Trinajstić information content (AvgIpc) is 2.95. The van der Waals surface area contributed by atoms with Crippen molar-refractivity contribution in [2.24, 2.45) is 0 Å². The van der Waals surface area contributed by atoms with Crippen molar-refractivity contribution in [2.75, 3.05) is 0 Å². The molecular formula is C34H29BrO2. The molecule has 0 N–H and O–H groups in total. The molecule has 0 aliphatic heterocycles. The lowest BCUT2D eigenvalue weighted by Crippen LogP contribution is -2.07. The van der Waals surface area contributed by atoms with Crippen LogP contribution in [0, 0.1) is 0 Å². The molecule has 0 spiro atoms. The molecule has 5 rings (SSSR count). The van der Waals surface area contributed by atoms with Gasteiger partial charge in [0.15, 0.2) is 0 Å². The maximum absolute atomic E-state index is 6.44. The molecule has 0 saturated carbocycles. The first kappa shape index (κ1) is 24.9. The number of hydrogen-bond donors (Lipinski definition) is 0. The van der Waals surface area contributed by atoms with E-state index < -0.39 is 0 Å². The number of para-hydroxylation sites is 1. The normalized spacial score (nSPS) is 10.9. The summed E-state index contributed by atoms with van der Waals surface area (Å²) in [6.07, 6.45) is 1.01. The lowest BCUT2D eigenvalue weighted by Gasteiger charge is -2.22. The molecule has 0 fully saturated rings. The second-order valence-corrected chi connectivity index (χ2v) is 9.79. The largest absolute Gasteiger partial charge is 0.489 e. The molecule has 5 aromatic carbocycles. The van der Waals surface area contributed by atoms with E-state index in [1.807, 2.05) is 36.4 Å². The van der Waals surface area contributed by atoms with Crippen LogP contribution in [-0.2, 0) is 13.0 Å². The molecule has 0 aromatic heterocycles. The van der Waals surface area contributed by atoms with Crippen molar-refractivity contribution in [2.45, 2.75) is 25.9 Å². The summed E-state index contributed by atoms with van der Waals surface area (Å²) in [5.41, 5.74) is 5.97. The van der Waals surface area contributed by atoms with Crippen molar-refractivity contribution >= 4 is 15.9 Å². The summed E-state index contributed by atoms with van der Waals surface area (Å²) in [6.45, 7) is 2.59. The van der Waals surface area contributed by atoms with E-state index in [0.717, 1.165) is 39.3 Å². The first-order valence-corrected chi connectivity index (χ1v) is 13.4. The van der Waals surface area contributed by atoms with Gasteiger partial charge in [-0.1, -0.05) is 120 Å². The van der Waals surface area contributed by atoms with E-state index in [2.05, 4.69) is 114 Å². The Hall–Kier alpha value is -3.82. The predicted octanol–water partition coefficient (Wildman–Crippen LogP) is 9.56. The molecule has 2 nitrogen and oxygen atoms in total. The zero-order valence-electron chi connectivity index (χ0n) is 20.8. The highest BCUT2D eigenvalue weighted by Gasteiger charge is 2.20. The minimum Gasteiger partial charge on any atom is -0.489 e. The molecule has 0 bridgehead atoms. The smallest absolute Gasteiger partial charge is 0.128 e. The van der Waals surface area contributed by atoms with Crippen LogP contribution in [0.15, 0.2) is 132 Å². The van der Waals surface area contributed by atoms with Crippen LogP contribution in [0.25, 0.3) is 0 Å². The van der Waals surface area contributed by atoms with Gasteiger partial charge in [0.05, 0.1) is 0 Å². The van der Waals surface area contributed by atoms with Crippen molar-refractivity contribution in [3.8, 4) is 17.2 Å². The van der Waals surface area contributed by atoms with Crippen molar-refractivity contribution in [1.82, 2.24) is 0 Å². The van der Waals surface area contributed by atoms with Gasteiger partial charge in [-0.25, -0.2) is 0 Å². The maximum atomic E-state index is 6.44. The second-order valence-electron chi connectivity index (χ2n) is 8.93. The Morgan fingerprint density at radius 3 is 1.86 bits per heavy atom. The molecule has 0 atom stereocenters. The predicted molar refractivity (Wildman–Crippen MR) is 155 cm³/mol. The van der Waals surface area contributed by atoms with E-state index in [-0.39, 0.29) is 5.92 Å². The van der Waals surface area contributed by atoms with Gasteiger partial charge in [0, 0.05) is 21.5 Å². The monoisotopic (exact) mass is 548 g/mol. The Morgan fingerprint density at radius 1 is 0.649 bits per heavy atom. The van der Waals surface area contributed by atoms with Crippen LogP contribution < -0.4 is 9.47 Å². The van der Waals surface area contributed by atoms with Gasteiger partial charge in [0.1, 0.15) is 23.9 Å². The van der Waals surface area contributed by atoms with Crippen molar-refractivity contribution in [3.63, 3.8) is 0 Å². The summed E-state index contributed by atoms with van der Waals surface area (Å²) in [5.74, 6) is 2.57. The van der Waals surface area contributed by atoms with Crippen LogP contribution >= 0.6 is 15.9 Å². The summed E-state index contributed by atoms with van der Waals surface area (Å²) < 4.78 is 13.4. The molecule has 184 valence electrons. The van der Waals surface area contributed by atoms with Crippen LogP contribution in [-0.4, -0.2) is 0 Å². The van der Waals surface area contributed by atoms with Crippen LogP contribution in [0.1, 0.15) is 40.7 Å². The molecule has 0 aliphatic rings. The van der Waals surface area contributed by atoms with Crippen LogP contribution in [0.4, 0.5) is 0 Å². The molecular weight excluding hydrogens is 520 g/mol. The van der Waals surface area contributed by atoms with Gasteiger partial charge in [-0.3, -0.25) is 0 Å². The first-order valence-electron chi connectivity index (χ1n) is 12.6. The third-order valence-electron chi connectivity index (χ3n) is 6.47. The molecule has 3 heteroatoms. The second kappa shape index (κ2) is 11.9. The Morgan fingerprint density at radius 2 is 1.24 bits per heavy atom. The number of ether oxygens (including phenoxy) is 2. The van der Waals surface area contributed by atoms with Crippen molar-refractivity contribution < 1.29 is 9.47 Å². The van der Waals surface area contributed by atoms with Gasteiger partial charge in [-0.2, -0.15) is 0 Å². The molecule has 37 heavy (non-hydrogen) atoms. The third-order valence-corrected chi connectivity index (χ3v) is 7.21. The fraction of sp³-hybridized carbons (Fsp3) is 0.118. The molecule has 0 radical (unpaired) electrons. The van der Waals surface area contributed by atoms with Crippen LogP contribution in [0.3, 0.4) is 0 Å². The molecule has 0 amide bonds. The highest BCUT2D eigenvalue weighted by Crippen LogP contribution is 2.37. The van der Waals surface area contributed by atoms with Gasteiger partial charge < -0.3 is 9.47 Å². The standard InChI is InChI=1S/C34H29BrO2/c1-2-25-17-20-29(21-18-25)37-30-22-19-28(32(35)23-30)24-36-33-16-10-9-15-31(33)34(26-11-5-3-6-12-26)27-13-7-4-8-14-27/h3-23,34H,2,24H2,1H3. The number of benzene rings is 5. The van der Waals surface area contributed by atoms with E-state index in [4.69, 9.17) is 9.47 Å². The Balaban J connectivity index is 1.36. The SMILES string of the molecule is CCc1ccc(Oc2ccc(COc3ccccc3C(c3ccccc3)c3ccccc3)c(Br)c2)cc1. The van der Waals surface area contributed by atoms with Gasteiger partial charge in [-0.15, -0.1) is 0 Å². The number of rotatable bonds is 9. The van der Waals surface area contributed by atoms with Crippen LogP contribution in [0.2, 0.25) is 0 Å². The molecule has 0 saturated heterocycles. The van der Waals surface area contributed by atoms with Crippen LogP contribution in [0.5, 0.6) is 17.2 Å². The zero-order valence-corrected chi connectivity index (χ0v) is 22.4. The highest BCUT2D eigenvalue weighted by atomic mass is 79.9. The summed E-state index contributed by atoms with van der Waals surface area (Å²) in [4.78, 5) is 0. The van der Waals surface area contributed by atoms with Gasteiger partial charge in [0.25, 0.3) is 0 Å². The Kier molecular flexibility index (Phi) is 8.02. The molecule has 0 heterocycles.